The average Bonchev–Trinajstić information content (AvgIpc) is 3.11. The first-order valence-corrected chi connectivity index (χ1v) is 16.0. The van der Waals surface area contributed by atoms with Crippen LogP contribution in [0.5, 0.6) is 5.75 Å². The number of phenolic OH excluding ortho intramolecular Hbond substituents is 1. The van der Waals surface area contributed by atoms with Gasteiger partial charge in [-0.1, -0.05) is 60.7 Å². The Bertz CT molecular complexity index is 1780. The molecule has 9 nitrogen and oxygen atoms in total. The second-order valence-electron chi connectivity index (χ2n) is 12.4. The zero-order valence-corrected chi connectivity index (χ0v) is 26.3. The van der Waals surface area contributed by atoms with Crippen LogP contribution in [0.25, 0.3) is 17.2 Å². The van der Waals surface area contributed by atoms with Crippen molar-refractivity contribution >= 4 is 17.7 Å². The fraction of sp³-hybridized carbons (Fsp3) is 0.289. The molecule has 2 aliphatic rings. The Morgan fingerprint density at radius 1 is 0.816 bits per heavy atom. The van der Waals surface area contributed by atoms with Crippen LogP contribution in [-0.4, -0.2) is 73.7 Å². The number of β-lactam (4-membered cyclic amide) rings is 1. The molecule has 256 valence electrons. The number of aliphatic hydroxyl groups is 5. The number of carbonyl (C=O) groups excluding carboxylic acids is 1. The summed E-state index contributed by atoms with van der Waals surface area (Å²) in [6, 6.07) is 22.9. The van der Waals surface area contributed by atoms with Gasteiger partial charge in [-0.3, -0.25) is 4.79 Å². The van der Waals surface area contributed by atoms with E-state index >= 15 is 0 Å². The van der Waals surface area contributed by atoms with Gasteiger partial charge in [-0.2, -0.15) is 0 Å². The van der Waals surface area contributed by atoms with Gasteiger partial charge in [0.2, 0.25) is 5.91 Å². The Morgan fingerprint density at radius 3 is 2.08 bits per heavy atom. The molecule has 0 saturated carbocycles. The van der Waals surface area contributed by atoms with E-state index in [2.05, 4.69) is 0 Å². The van der Waals surface area contributed by atoms with Gasteiger partial charge in [0.1, 0.15) is 47.9 Å². The van der Waals surface area contributed by atoms with Crippen LogP contribution in [0.2, 0.25) is 0 Å². The summed E-state index contributed by atoms with van der Waals surface area (Å²) in [7, 11) is 0. The molecule has 0 aromatic heterocycles. The fourth-order valence-electron chi connectivity index (χ4n) is 6.52. The van der Waals surface area contributed by atoms with Crippen molar-refractivity contribution in [1.29, 1.82) is 0 Å². The van der Waals surface area contributed by atoms with E-state index in [1.807, 2.05) is 30.3 Å². The molecule has 0 spiro atoms. The van der Waals surface area contributed by atoms with E-state index < -0.39 is 66.8 Å². The molecule has 8 atom stereocenters. The summed E-state index contributed by atoms with van der Waals surface area (Å²) in [6.07, 6.45) is -3.40. The lowest BCUT2D eigenvalue weighted by Gasteiger charge is -2.48. The van der Waals surface area contributed by atoms with Crippen molar-refractivity contribution in [3.63, 3.8) is 0 Å². The molecule has 0 unspecified atom stereocenters. The minimum Gasteiger partial charge on any atom is -0.508 e. The van der Waals surface area contributed by atoms with E-state index in [4.69, 9.17) is 4.74 Å². The zero-order valence-electron chi connectivity index (χ0n) is 26.3. The highest BCUT2D eigenvalue weighted by molar-refractivity contribution is 6.03. The number of carbonyl (C=O) groups is 1. The normalized spacial score (nSPS) is 26.1. The Labute approximate surface area is 281 Å². The van der Waals surface area contributed by atoms with Crippen LogP contribution in [0.4, 0.5) is 14.5 Å². The number of halogens is 2. The molecule has 6 rings (SSSR count). The predicted molar refractivity (Wildman–Crippen MR) is 177 cm³/mol. The number of aromatic hydroxyl groups is 1. The highest BCUT2D eigenvalue weighted by Crippen LogP contribution is 2.49. The molecule has 2 aliphatic heterocycles. The van der Waals surface area contributed by atoms with E-state index in [1.54, 1.807) is 24.3 Å². The molecule has 11 heteroatoms. The number of rotatable bonds is 10. The van der Waals surface area contributed by atoms with Crippen LogP contribution in [0.1, 0.15) is 41.7 Å². The third kappa shape index (κ3) is 7.13. The molecule has 0 aliphatic carbocycles. The minimum atomic E-state index is -1.47. The Balaban J connectivity index is 1.19. The number of nitrogens with zero attached hydrogens (tertiary/aromatic N) is 1. The molecule has 1 amide bonds. The predicted octanol–water partition coefficient (Wildman–Crippen LogP) is 4.41. The number of anilines is 1. The van der Waals surface area contributed by atoms with Gasteiger partial charge in [0.05, 0.1) is 24.7 Å². The van der Waals surface area contributed by atoms with Gasteiger partial charge in [0.25, 0.3) is 0 Å². The molecule has 4 aromatic carbocycles. The van der Waals surface area contributed by atoms with Crippen molar-refractivity contribution in [2.45, 2.75) is 55.5 Å². The Morgan fingerprint density at radius 2 is 1.45 bits per heavy atom. The number of ether oxygens (including phenoxy) is 1. The third-order valence-corrected chi connectivity index (χ3v) is 9.33. The van der Waals surface area contributed by atoms with Crippen LogP contribution >= 0.6 is 0 Å². The van der Waals surface area contributed by atoms with Crippen molar-refractivity contribution < 1.29 is 49.0 Å². The van der Waals surface area contributed by atoms with E-state index in [0.717, 1.165) is 11.1 Å². The van der Waals surface area contributed by atoms with Gasteiger partial charge < -0.3 is 40.3 Å². The summed E-state index contributed by atoms with van der Waals surface area (Å²) in [6.45, 7) is -0.516. The van der Waals surface area contributed by atoms with Crippen LogP contribution in [0.15, 0.2) is 97.1 Å². The summed E-state index contributed by atoms with van der Waals surface area (Å²) in [5.41, 5.74) is 3.73. The van der Waals surface area contributed by atoms with Crippen LogP contribution < -0.4 is 4.90 Å². The SMILES string of the molecule is O=C1[C@H](CC[C@H](O)c2ccc(F)cc2)[C@@H](c2ccc(-c3ccc(/C=C/[C@@H]4O[C@H](CO)[C@@H](O)[C@H](O)[C@H]4O)cc3)cc2O)N1c1ccc(F)cc1. The largest absolute Gasteiger partial charge is 0.508 e. The second-order valence-corrected chi connectivity index (χ2v) is 12.4. The lowest BCUT2D eigenvalue weighted by Crippen LogP contribution is -2.57. The second kappa shape index (κ2) is 14.6. The van der Waals surface area contributed by atoms with Crippen LogP contribution in [0.3, 0.4) is 0 Å². The Kier molecular flexibility index (Phi) is 10.2. The van der Waals surface area contributed by atoms with Crippen LogP contribution in [-0.2, 0) is 9.53 Å². The van der Waals surface area contributed by atoms with Crippen molar-refractivity contribution in [2.24, 2.45) is 5.92 Å². The van der Waals surface area contributed by atoms with Crippen molar-refractivity contribution in [3.8, 4) is 16.9 Å². The molecule has 2 saturated heterocycles. The molecule has 0 bridgehead atoms. The molecular weight excluding hydrogens is 636 g/mol. The van der Waals surface area contributed by atoms with Gasteiger partial charge in [0, 0.05) is 11.3 Å². The number of amides is 1. The van der Waals surface area contributed by atoms with E-state index in [0.29, 0.717) is 28.8 Å². The summed E-state index contributed by atoms with van der Waals surface area (Å²) in [5.74, 6) is -1.71. The highest BCUT2D eigenvalue weighted by Gasteiger charge is 2.49. The number of hydrogen-bond acceptors (Lipinski definition) is 8. The third-order valence-electron chi connectivity index (χ3n) is 9.33. The molecular formula is C38H37F2NO8. The zero-order chi connectivity index (χ0) is 34.8. The number of phenols is 1. The first-order valence-electron chi connectivity index (χ1n) is 16.0. The standard InChI is InChI=1S/C38H37F2NO8/c39-25-9-6-23(7-10-25)30(43)17-16-29-34(41(38(29)48)27-13-11-26(40)12-14-27)28-15-8-24(19-31(28)44)22-4-1-21(2-5-22)3-18-32-35(45)37(47)36(46)33(20-42)49-32/h1-15,18-19,29-30,32-37,42-47H,16-17,20H2/b18-3+/t29-,30+,32+,33-,34-,35+,36-,37-/m1/s1. The van der Waals surface area contributed by atoms with E-state index in [1.165, 1.54) is 53.4 Å². The smallest absolute Gasteiger partial charge is 0.233 e. The highest BCUT2D eigenvalue weighted by atomic mass is 19.1. The van der Waals surface area contributed by atoms with Crippen LogP contribution in [0, 0.1) is 17.6 Å². The lowest BCUT2D eigenvalue weighted by atomic mass is 9.77. The fourth-order valence-corrected chi connectivity index (χ4v) is 6.52. The summed E-state index contributed by atoms with van der Waals surface area (Å²) in [4.78, 5) is 15.0. The maximum absolute atomic E-state index is 13.7. The van der Waals surface area contributed by atoms with Gasteiger partial charge >= 0.3 is 0 Å². The summed E-state index contributed by atoms with van der Waals surface area (Å²) in [5, 5.41) is 61.7. The van der Waals surface area contributed by atoms with E-state index in [-0.39, 0.29) is 18.1 Å². The molecule has 2 heterocycles. The van der Waals surface area contributed by atoms with Crippen molar-refractivity contribution in [1.82, 2.24) is 0 Å². The first kappa shape index (κ1) is 34.4. The number of aliphatic hydroxyl groups excluding tert-OH is 5. The first-order chi connectivity index (χ1) is 23.5. The molecule has 6 N–H and O–H groups in total. The maximum atomic E-state index is 13.7. The van der Waals surface area contributed by atoms with Gasteiger partial charge in [0.15, 0.2) is 0 Å². The number of hydrogen-bond donors (Lipinski definition) is 6. The van der Waals surface area contributed by atoms with Crippen molar-refractivity contribution in [2.75, 3.05) is 11.5 Å². The van der Waals surface area contributed by atoms with Crippen molar-refractivity contribution in [3.05, 3.63) is 125 Å². The Hall–Kier alpha value is -4.49. The van der Waals surface area contributed by atoms with E-state index in [9.17, 15) is 44.2 Å². The maximum Gasteiger partial charge on any atom is 0.233 e. The quantitative estimate of drug-likeness (QED) is 0.136. The van der Waals surface area contributed by atoms with Gasteiger partial charge in [-0.05, 0) is 77.6 Å². The van der Waals surface area contributed by atoms with Gasteiger partial charge in [-0.25, -0.2) is 8.78 Å². The van der Waals surface area contributed by atoms with Gasteiger partial charge in [-0.15, -0.1) is 0 Å². The topological polar surface area (TPSA) is 151 Å². The average molecular weight is 674 g/mol. The summed E-state index contributed by atoms with van der Waals surface area (Å²) < 4.78 is 32.6. The minimum absolute atomic E-state index is 0.0437. The molecule has 2 fully saturated rings. The molecule has 49 heavy (non-hydrogen) atoms. The number of benzene rings is 4. The molecule has 4 aromatic rings. The molecule has 0 radical (unpaired) electrons. The monoisotopic (exact) mass is 673 g/mol. The summed E-state index contributed by atoms with van der Waals surface area (Å²) >= 11 is 0. The lowest BCUT2D eigenvalue weighted by molar-refractivity contribution is -0.216.